The third-order valence-corrected chi connectivity index (χ3v) is 2.83. The first-order valence-corrected chi connectivity index (χ1v) is 5.92. The molecular formula is C10H11F2IN2O2. The number of halogens is 3. The van der Waals surface area contributed by atoms with Crippen LogP contribution in [0.5, 0.6) is 0 Å². The lowest BCUT2D eigenvalue weighted by Gasteiger charge is -2.10. The molecule has 1 heterocycles. The van der Waals surface area contributed by atoms with Crippen molar-refractivity contribution in [1.29, 1.82) is 0 Å². The number of esters is 1. The summed E-state index contributed by atoms with van der Waals surface area (Å²) in [4.78, 5) is 15.0. The molecule has 0 spiro atoms. The Morgan fingerprint density at radius 2 is 2.29 bits per heavy atom. The third kappa shape index (κ3) is 3.76. The van der Waals surface area contributed by atoms with Crippen LogP contribution in [0.4, 0.5) is 14.6 Å². The third-order valence-electron chi connectivity index (χ3n) is 1.94. The molecule has 17 heavy (non-hydrogen) atoms. The molecule has 0 aliphatic carbocycles. The van der Waals surface area contributed by atoms with E-state index < -0.39 is 12.4 Å². The van der Waals surface area contributed by atoms with Crippen molar-refractivity contribution in [3.05, 3.63) is 20.9 Å². The van der Waals surface area contributed by atoms with E-state index >= 15 is 0 Å². The second-order valence-corrected chi connectivity index (χ2v) is 4.33. The zero-order chi connectivity index (χ0) is 13.0. The average Bonchev–Trinajstić information content (AvgIpc) is 2.15. The molecule has 0 aliphatic rings. The van der Waals surface area contributed by atoms with Gasteiger partial charge in [-0.25, -0.2) is 13.8 Å². The van der Waals surface area contributed by atoms with Gasteiger partial charge in [0.15, 0.2) is 0 Å². The van der Waals surface area contributed by atoms with Crippen molar-refractivity contribution in [3.63, 3.8) is 0 Å². The minimum atomic E-state index is -2.69. The molecule has 0 bridgehead atoms. The molecule has 2 N–H and O–H groups in total. The molecule has 0 unspecified atom stereocenters. The molecular weight excluding hydrogens is 345 g/mol. The first kappa shape index (κ1) is 14.1. The van der Waals surface area contributed by atoms with Gasteiger partial charge < -0.3 is 10.5 Å². The lowest BCUT2D eigenvalue weighted by molar-refractivity contribution is -0.142. The summed E-state index contributed by atoms with van der Waals surface area (Å²) in [6.07, 6.45) is -2.99. The first-order valence-electron chi connectivity index (χ1n) is 4.84. The Bertz CT molecular complexity index is 427. The van der Waals surface area contributed by atoms with Crippen LogP contribution >= 0.6 is 22.6 Å². The lowest BCUT2D eigenvalue weighted by Crippen LogP contribution is -2.13. The van der Waals surface area contributed by atoms with Gasteiger partial charge in [-0.05, 0) is 35.6 Å². The van der Waals surface area contributed by atoms with E-state index in [0.717, 1.165) is 0 Å². The molecule has 0 saturated heterocycles. The Kier molecular flexibility index (Phi) is 5.03. The molecule has 4 nitrogen and oxygen atoms in total. The predicted octanol–water partition coefficient (Wildman–Crippen LogP) is 2.31. The summed E-state index contributed by atoms with van der Waals surface area (Å²) in [6.45, 7) is 1.84. The fourth-order valence-electron chi connectivity index (χ4n) is 1.31. The standard InChI is InChI=1S/C10H11F2IN2O2/c1-2-17-8(16)4-6-9(10(11)12)5(13)3-7(14)15-6/h3,10H,2,4H2,1H3,(H2,14,15). The molecule has 7 heteroatoms. The highest BCUT2D eigenvalue weighted by Gasteiger charge is 2.21. The number of ether oxygens (including phenoxy) is 1. The van der Waals surface area contributed by atoms with E-state index in [0.29, 0.717) is 3.57 Å². The van der Waals surface area contributed by atoms with Gasteiger partial charge in [0.2, 0.25) is 0 Å². The highest BCUT2D eigenvalue weighted by atomic mass is 127. The van der Waals surface area contributed by atoms with Crippen LogP contribution in [0.3, 0.4) is 0 Å². The van der Waals surface area contributed by atoms with E-state index in [1.165, 1.54) is 6.07 Å². The number of carbonyl (C=O) groups excluding carboxylic acids is 1. The highest BCUT2D eigenvalue weighted by molar-refractivity contribution is 14.1. The summed E-state index contributed by atoms with van der Waals surface area (Å²) in [7, 11) is 0. The van der Waals surface area contributed by atoms with E-state index in [9.17, 15) is 13.6 Å². The first-order chi connectivity index (χ1) is 7.95. The van der Waals surface area contributed by atoms with Crippen LogP contribution in [0, 0.1) is 3.57 Å². The van der Waals surface area contributed by atoms with Crippen LogP contribution in [0.1, 0.15) is 24.6 Å². The molecule has 0 atom stereocenters. The largest absolute Gasteiger partial charge is 0.466 e. The molecule has 0 saturated carbocycles. The Labute approximate surface area is 111 Å². The molecule has 94 valence electrons. The molecule has 0 aromatic carbocycles. The molecule has 0 aliphatic heterocycles. The summed E-state index contributed by atoms with van der Waals surface area (Å²) >= 11 is 1.74. The van der Waals surface area contributed by atoms with Crippen LogP contribution in [0.15, 0.2) is 6.07 Å². The van der Waals surface area contributed by atoms with E-state index in [-0.39, 0.29) is 30.1 Å². The molecule has 0 amide bonds. The fourth-order valence-corrected chi connectivity index (χ4v) is 2.17. The fraction of sp³-hybridized carbons (Fsp3) is 0.400. The van der Waals surface area contributed by atoms with Gasteiger partial charge in [0.05, 0.1) is 24.3 Å². The number of carbonyl (C=O) groups is 1. The number of nitrogens with zero attached hydrogens (tertiary/aromatic N) is 1. The Morgan fingerprint density at radius 1 is 1.65 bits per heavy atom. The summed E-state index contributed by atoms with van der Waals surface area (Å²) in [6, 6.07) is 1.34. The molecule has 1 rings (SSSR count). The number of nitrogen functional groups attached to an aromatic ring is 1. The summed E-state index contributed by atoms with van der Waals surface area (Å²) in [5.74, 6) is -0.485. The van der Waals surface area contributed by atoms with Crippen molar-refractivity contribution >= 4 is 34.4 Å². The van der Waals surface area contributed by atoms with E-state index in [1.54, 1.807) is 29.5 Å². The number of alkyl halides is 2. The Hall–Kier alpha value is -0.990. The van der Waals surface area contributed by atoms with Crippen molar-refractivity contribution < 1.29 is 18.3 Å². The smallest absolute Gasteiger partial charge is 0.311 e. The topological polar surface area (TPSA) is 65.2 Å². The quantitative estimate of drug-likeness (QED) is 0.664. The second kappa shape index (κ2) is 6.08. The normalized spacial score (nSPS) is 10.6. The van der Waals surface area contributed by atoms with Gasteiger partial charge in [0, 0.05) is 3.57 Å². The second-order valence-electron chi connectivity index (χ2n) is 3.17. The van der Waals surface area contributed by atoms with Crippen molar-refractivity contribution in [2.45, 2.75) is 19.8 Å². The number of hydrogen-bond acceptors (Lipinski definition) is 4. The van der Waals surface area contributed by atoms with Crippen LogP contribution < -0.4 is 5.73 Å². The number of rotatable bonds is 4. The molecule has 0 radical (unpaired) electrons. The van der Waals surface area contributed by atoms with Gasteiger partial charge in [0.25, 0.3) is 6.43 Å². The maximum Gasteiger partial charge on any atom is 0.311 e. The van der Waals surface area contributed by atoms with Gasteiger partial charge in [-0.15, -0.1) is 0 Å². The SMILES string of the molecule is CCOC(=O)Cc1nc(N)cc(I)c1C(F)F. The Balaban J connectivity index is 3.08. The van der Waals surface area contributed by atoms with Gasteiger partial charge >= 0.3 is 5.97 Å². The number of anilines is 1. The van der Waals surface area contributed by atoms with Crippen LogP contribution in [-0.4, -0.2) is 17.6 Å². The van der Waals surface area contributed by atoms with Gasteiger partial charge in [-0.3, -0.25) is 4.79 Å². The minimum absolute atomic E-state index is 0.0251. The monoisotopic (exact) mass is 356 g/mol. The van der Waals surface area contributed by atoms with Crippen molar-refractivity contribution in [2.75, 3.05) is 12.3 Å². The Morgan fingerprint density at radius 3 is 2.82 bits per heavy atom. The van der Waals surface area contributed by atoms with Crippen molar-refractivity contribution in [2.24, 2.45) is 0 Å². The van der Waals surface area contributed by atoms with Crippen LogP contribution in [0.25, 0.3) is 0 Å². The van der Waals surface area contributed by atoms with Gasteiger partial charge in [-0.2, -0.15) is 0 Å². The van der Waals surface area contributed by atoms with Crippen LogP contribution in [0.2, 0.25) is 0 Å². The van der Waals surface area contributed by atoms with Gasteiger partial charge in [-0.1, -0.05) is 0 Å². The average molecular weight is 356 g/mol. The molecule has 0 fully saturated rings. The zero-order valence-corrected chi connectivity index (χ0v) is 11.2. The molecule has 1 aromatic heterocycles. The van der Waals surface area contributed by atoms with Crippen molar-refractivity contribution in [3.8, 4) is 0 Å². The maximum absolute atomic E-state index is 12.8. The summed E-state index contributed by atoms with van der Waals surface area (Å²) < 4.78 is 30.6. The van der Waals surface area contributed by atoms with E-state index in [2.05, 4.69) is 4.98 Å². The zero-order valence-electron chi connectivity index (χ0n) is 9.04. The van der Waals surface area contributed by atoms with Gasteiger partial charge in [0.1, 0.15) is 5.82 Å². The lowest BCUT2D eigenvalue weighted by atomic mass is 10.1. The number of aromatic nitrogens is 1. The molecule has 1 aromatic rings. The summed E-state index contributed by atoms with van der Waals surface area (Å²) in [5.41, 5.74) is 5.18. The van der Waals surface area contributed by atoms with Crippen molar-refractivity contribution in [1.82, 2.24) is 4.98 Å². The van der Waals surface area contributed by atoms with E-state index in [4.69, 9.17) is 10.5 Å². The number of pyridine rings is 1. The number of hydrogen-bond donors (Lipinski definition) is 1. The predicted molar refractivity (Wildman–Crippen MR) is 66.7 cm³/mol. The maximum atomic E-state index is 12.8. The van der Waals surface area contributed by atoms with E-state index in [1.807, 2.05) is 0 Å². The minimum Gasteiger partial charge on any atom is -0.466 e. The highest BCUT2D eigenvalue weighted by Crippen LogP contribution is 2.28. The number of nitrogens with two attached hydrogens (primary N) is 1. The summed E-state index contributed by atoms with van der Waals surface area (Å²) in [5, 5.41) is 0. The van der Waals surface area contributed by atoms with Crippen LogP contribution in [-0.2, 0) is 16.0 Å².